The molecule has 4 rings (SSSR count). The molecule has 0 saturated heterocycles. The molecule has 0 atom stereocenters. The second kappa shape index (κ2) is 7.27. The highest BCUT2D eigenvalue weighted by atomic mass is 16.5. The molecule has 29 heavy (non-hydrogen) atoms. The number of carbonyl (C=O) groups excluding carboxylic acids is 1. The van der Waals surface area contributed by atoms with E-state index >= 15 is 0 Å². The van der Waals surface area contributed by atoms with Crippen molar-refractivity contribution in [3.8, 4) is 11.4 Å². The summed E-state index contributed by atoms with van der Waals surface area (Å²) in [5.74, 6) is -0.264. The lowest BCUT2D eigenvalue weighted by molar-refractivity contribution is 0.0597. The van der Waals surface area contributed by atoms with Crippen molar-refractivity contribution in [1.82, 2.24) is 14.8 Å². The molecule has 0 unspecified atom stereocenters. The maximum Gasteiger partial charge on any atom is 0.341 e. The van der Waals surface area contributed by atoms with Gasteiger partial charge in [0.1, 0.15) is 11.4 Å². The molecular formula is C22H20N4O3. The fourth-order valence-electron chi connectivity index (χ4n) is 3.37. The average Bonchev–Trinajstić information content (AvgIpc) is 3.06. The van der Waals surface area contributed by atoms with Crippen molar-refractivity contribution in [2.75, 3.05) is 12.4 Å². The molecular weight excluding hydrogens is 368 g/mol. The van der Waals surface area contributed by atoms with E-state index in [9.17, 15) is 9.90 Å². The molecule has 146 valence electrons. The number of pyridine rings is 1. The zero-order valence-corrected chi connectivity index (χ0v) is 16.3. The Morgan fingerprint density at radius 1 is 1.10 bits per heavy atom. The van der Waals surface area contributed by atoms with Crippen LogP contribution >= 0.6 is 0 Å². The van der Waals surface area contributed by atoms with Gasteiger partial charge < -0.3 is 15.2 Å². The normalized spacial score (nSPS) is 10.9. The number of ether oxygens (including phenoxy) is 1. The monoisotopic (exact) mass is 388 g/mol. The number of hydrogen-bond donors (Lipinski definition) is 2. The Bertz CT molecular complexity index is 1220. The van der Waals surface area contributed by atoms with Gasteiger partial charge in [0, 0.05) is 5.39 Å². The number of anilines is 2. The van der Waals surface area contributed by atoms with Crippen molar-refractivity contribution in [3.05, 3.63) is 71.4 Å². The first kappa shape index (κ1) is 18.5. The van der Waals surface area contributed by atoms with Crippen LogP contribution in [-0.4, -0.2) is 33.0 Å². The Balaban J connectivity index is 1.81. The smallest absolute Gasteiger partial charge is 0.341 e. The summed E-state index contributed by atoms with van der Waals surface area (Å²) in [6.45, 7) is 3.94. The fourth-order valence-corrected chi connectivity index (χ4v) is 3.37. The minimum Gasteiger partial charge on any atom is -0.505 e. The minimum atomic E-state index is -0.608. The molecule has 0 aliphatic rings. The van der Waals surface area contributed by atoms with Gasteiger partial charge in [-0.05, 0) is 49.7 Å². The fraction of sp³-hybridized carbons (Fsp3) is 0.136. The van der Waals surface area contributed by atoms with Gasteiger partial charge in [0.05, 0.1) is 24.2 Å². The molecule has 0 radical (unpaired) electrons. The third-order valence-corrected chi connectivity index (χ3v) is 4.71. The summed E-state index contributed by atoms with van der Waals surface area (Å²) in [7, 11) is 1.27. The molecule has 0 amide bonds. The number of para-hydroxylation sites is 2. The SMILES string of the molecule is COC(=O)c1cccc(Nc2cc(C)c3c(C)nn(-c4ccccc4)c3n2)c1O. The molecule has 0 aliphatic carbocycles. The molecule has 2 heterocycles. The van der Waals surface area contributed by atoms with Crippen LogP contribution in [0.25, 0.3) is 16.7 Å². The first-order valence-electron chi connectivity index (χ1n) is 9.09. The van der Waals surface area contributed by atoms with E-state index in [0.29, 0.717) is 17.2 Å². The Morgan fingerprint density at radius 2 is 1.86 bits per heavy atom. The summed E-state index contributed by atoms with van der Waals surface area (Å²) in [5.41, 5.74) is 3.95. The van der Waals surface area contributed by atoms with E-state index in [0.717, 1.165) is 22.3 Å². The van der Waals surface area contributed by atoms with Gasteiger partial charge in [0.2, 0.25) is 0 Å². The number of phenolic OH excluding ortho intramolecular Hbond substituents is 1. The van der Waals surface area contributed by atoms with E-state index in [1.807, 2.05) is 50.2 Å². The highest BCUT2D eigenvalue weighted by Crippen LogP contribution is 2.32. The summed E-state index contributed by atoms with van der Waals surface area (Å²) in [4.78, 5) is 16.6. The molecule has 0 spiro atoms. The van der Waals surface area contributed by atoms with Crippen molar-refractivity contribution in [2.24, 2.45) is 0 Å². The molecule has 2 aromatic heterocycles. The lowest BCUT2D eigenvalue weighted by atomic mass is 10.1. The summed E-state index contributed by atoms with van der Waals surface area (Å²) >= 11 is 0. The number of nitrogens with one attached hydrogen (secondary N) is 1. The number of carbonyl (C=O) groups is 1. The molecule has 0 saturated carbocycles. The van der Waals surface area contributed by atoms with Crippen molar-refractivity contribution >= 4 is 28.5 Å². The number of aromatic hydroxyl groups is 1. The van der Waals surface area contributed by atoms with Gasteiger partial charge in [0.15, 0.2) is 11.4 Å². The van der Waals surface area contributed by atoms with Crippen LogP contribution < -0.4 is 5.32 Å². The number of fused-ring (bicyclic) bond motifs is 1. The lowest BCUT2D eigenvalue weighted by Gasteiger charge is -2.12. The Hall–Kier alpha value is -3.87. The molecule has 0 bridgehead atoms. The number of nitrogens with zero attached hydrogens (tertiary/aromatic N) is 3. The lowest BCUT2D eigenvalue weighted by Crippen LogP contribution is -2.04. The van der Waals surface area contributed by atoms with E-state index in [4.69, 9.17) is 9.72 Å². The summed E-state index contributed by atoms with van der Waals surface area (Å²) in [6, 6.07) is 16.5. The zero-order chi connectivity index (χ0) is 20.5. The highest BCUT2D eigenvalue weighted by Gasteiger charge is 2.17. The number of phenols is 1. The number of methoxy groups -OCH3 is 1. The highest BCUT2D eigenvalue weighted by molar-refractivity contribution is 5.95. The molecule has 0 aliphatic heterocycles. The van der Waals surface area contributed by atoms with Crippen LogP contribution in [0.3, 0.4) is 0 Å². The Labute approximate surface area is 167 Å². The van der Waals surface area contributed by atoms with Gasteiger partial charge in [-0.1, -0.05) is 24.3 Å². The summed E-state index contributed by atoms with van der Waals surface area (Å²) in [6.07, 6.45) is 0. The van der Waals surface area contributed by atoms with E-state index in [1.165, 1.54) is 13.2 Å². The van der Waals surface area contributed by atoms with Crippen molar-refractivity contribution in [3.63, 3.8) is 0 Å². The van der Waals surface area contributed by atoms with Crippen LogP contribution in [0.1, 0.15) is 21.6 Å². The third-order valence-electron chi connectivity index (χ3n) is 4.71. The number of rotatable bonds is 4. The van der Waals surface area contributed by atoms with Crippen molar-refractivity contribution in [2.45, 2.75) is 13.8 Å². The maximum atomic E-state index is 11.8. The van der Waals surface area contributed by atoms with Crippen molar-refractivity contribution < 1.29 is 14.6 Å². The molecule has 4 aromatic rings. The second-order valence-electron chi connectivity index (χ2n) is 6.67. The van der Waals surface area contributed by atoms with Crippen LogP contribution in [0.4, 0.5) is 11.5 Å². The van der Waals surface area contributed by atoms with Crippen LogP contribution in [-0.2, 0) is 4.74 Å². The van der Waals surface area contributed by atoms with E-state index in [1.54, 1.807) is 16.8 Å². The zero-order valence-electron chi connectivity index (χ0n) is 16.3. The largest absolute Gasteiger partial charge is 0.505 e. The third kappa shape index (κ3) is 3.27. The van der Waals surface area contributed by atoms with Crippen LogP contribution in [0, 0.1) is 13.8 Å². The number of aromatic nitrogens is 3. The molecule has 7 heteroatoms. The Morgan fingerprint density at radius 3 is 2.59 bits per heavy atom. The van der Waals surface area contributed by atoms with Gasteiger partial charge in [-0.3, -0.25) is 0 Å². The van der Waals surface area contributed by atoms with Gasteiger partial charge in [-0.2, -0.15) is 5.10 Å². The summed E-state index contributed by atoms with van der Waals surface area (Å²) in [5, 5.41) is 19.2. The predicted octanol–water partition coefficient (Wildman–Crippen LogP) is 4.27. The first-order valence-corrected chi connectivity index (χ1v) is 9.09. The van der Waals surface area contributed by atoms with Crippen molar-refractivity contribution in [1.29, 1.82) is 0 Å². The molecule has 2 N–H and O–H groups in total. The predicted molar refractivity (Wildman–Crippen MR) is 111 cm³/mol. The van der Waals surface area contributed by atoms with Gasteiger partial charge in [-0.25, -0.2) is 14.5 Å². The number of benzene rings is 2. The van der Waals surface area contributed by atoms with Crippen LogP contribution in [0.2, 0.25) is 0 Å². The molecule has 2 aromatic carbocycles. The number of aryl methyl sites for hydroxylation is 2. The molecule has 7 nitrogen and oxygen atoms in total. The topological polar surface area (TPSA) is 89.3 Å². The quantitative estimate of drug-likeness (QED) is 0.401. The van der Waals surface area contributed by atoms with E-state index in [-0.39, 0.29) is 11.3 Å². The minimum absolute atomic E-state index is 0.0838. The van der Waals surface area contributed by atoms with Gasteiger partial charge >= 0.3 is 5.97 Å². The van der Waals surface area contributed by atoms with Gasteiger partial charge in [0.25, 0.3) is 0 Å². The van der Waals surface area contributed by atoms with Crippen LogP contribution in [0.15, 0.2) is 54.6 Å². The number of esters is 1. The Kier molecular flexibility index (Phi) is 4.64. The molecule has 0 fully saturated rings. The maximum absolute atomic E-state index is 11.8. The first-order chi connectivity index (χ1) is 14.0. The summed E-state index contributed by atoms with van der Waals surface area (Å²) < 4.78 is 6.51. The number of hydrogen-bond acceptors (Lipinski definition) is 6. The van der Waals surface area contributed by atoms with Crippen LogP contribution in [0.5, 0.6) is 5.75 Å². The average molecular weight is 388 g/mol. The van der Waals surface area contributed by atoms with E-state index in [2.05, 4.69) is 10.4 Å². The second-order valence-corrected chi connectivity index (χ2v) is 6.67. The van der Waals surface area contributed by atoms with E-state index < -0.39 is 5.97 Å². The standard InChI is InChI=1S/C22H20N4O3/c1-13-12-18(23-17-11-7-10-16(20(17)27)22(28)29-3)24-21-19(13)14(2)25-26(21)15-8-5-4-6-9-15/h4-12,27H,1-3H3,(H,23,24). The van der Waals surface area contributed by atoms with Gasteiger partial charge in [-0.15, -0.1) is 0 Å².